The van der Waals surface area contributed by atoms with Crippen LogP contribution in [0.2, 0.25) is 0 Å². The molecule has 0 spiro atoms. The van der Waals surface area contributed by atoms with Crippen LogP contribution in [0.3, 0.4) is 0 Å². The first-order valence-electron chi connectivity index (χ1n) is 3.73. The first-order valence-corrected chi connectivity index (χ1v) is 4.54. The summed E-state index contributed by atoms with van der Waals surface area (Å²) in [6.45, 7) is 1.89. The van der Waals surface area contributed by atoms with Crippen LogP contribution in [-0.2, 0) is 11.2 Å². The molecule has 1 N–H and O–H groups in total. The Morgan fingerprint density at radius 1 is 1.77 bits per heavy atom. The van der Waals surface area contributed by atoms with Gasteiger partial charge in [0.2, 0.25) is 0 Å². The summed E-state index contributed by atoms with van der Waals surface area (Å²) in [5.41, 5.74) is 1.36. The van der Waals surface area contributed by atoms with Crippen molar-refractivity contribution in [3.8, 4) is 0 Å². The highest BCUT2D eigenvalue weighted by atomic mass is 32.1. The van der Waals surface area contributed by atoms with Crippen LogP contribution in [0.1, 0.15) is 10.4 Å². The molecule has 0 amide bonds. The lowest BCUT2D eigenvalue weighted by molar-refractivity contribution is -0.136. The number of fused-ring (bicyclic) bond motifs is 1. The molecule has 13 heavy (non-hydrogen) atoms. The van der Waals surface area contributed by atoms with E-state index in [0.717, 1.165) is 15.1 Å². The maximum Gasteiger partial charge on any atom is 0.308 e. The standard InChI is InChI=1S/C8H7NO3S/c1-4-5(2-7(10)11)8-6(13-4)3-9-12-8/h3H,2H2,1H3,(H,10,11). The Hall–Kier alpha value is -1.36. The van der Waals surface area contributed by atoms with Crippen LogP contribution in [0.25, 0.3) is 10.3 Å². The van der Waals surface area contributed by atoms with Gasteiger partial charge in [-0.25, -0.2) is 0 Å². The Balaban J connectivity index is 2.57. The molecule has 0 atom stereocenters. The summed E-state index contributed by atoms with van der Waals surface area (Å²) in [4.78, 5) is 11.5. The molecule has 0 radical (unpaired) electrons. The number of rotatable bonds is 2. The highest BCUT2D eigenvalue weighted by molar-refractivity contribution is 7.19. The lowest BCUT2D eigenvalue weighted by Gasteiger charge is -1.92. The van der Waals surface area contributed by atoms with E-state index < -0.39 is 5.97 Å². The predicted octanol–water partition coefficient (Wildman–Crippen LogP) is 1.82. The molecule has 0 saturated carbocycles. The molecule has 2 heterocycles. The van der Waals surface area contributed by atoms with Gasteiger partial charge >= 0.3 is 5.97 Å². The second-order valence-electron chi connectivity index (χ2n) is 2.73. The topological polar surface area (TPSA) is 63.3 Å². The fraction of sp³-hybridized carbons (Fsp3) is 0.250. The van der Waals surface area contributed by atoms with Crippen LogP contribution in [0.15, 0.2) is 10.7 Å². The summed E-state index contributed by atoms with van der Waals surface area (Å²) < 4.78 is 5.88. The zero-order chi connectivity index (χ0) is 9.42. The van der Waals surface area contributed by atoms with Crippen molar-refractivity contribution in [2.24, 2.45) is 0 Å². The van der Waals surface area contributed by atoms with Crippen LogP contribution in [0.4, 0.5) is 0 Å². The van der Waals surface area contributed by atoms with Gasteiger partial charge in [-0.1, -0.05) is 5.16 Å². The molecule has 0 unspecified atom stereocenters. The molecule has 2 rings (SSSR count). The average molecular weight is 197 g/mol. The second-order valence-corrected chi connectivity index (χ2v) is 3.98. The van der Waals surface area contributed by atoms with E-state index in [4.69, 9.17) is 9.63 Å². The molecule has 0 aliphatic rings. The Bertz CT molecular complexity index is 457. The summed E-state index contributed by atoms with van der Waals surface area (Å²) in [7, 11) is 0. The summed E-state index contributed by atoms with van der Waals surface area (Å²) in [5.74, 6) is -0.848. The number of carboxylic acids is 1. The van der Waals surface area contributed by atoms with E-state index in [2.05, 4.69) is 5.16 Å². The third kappa shape index (κ3) is 1.31. The van der Waals surface area contributed by atoms with Gasteiger partial charge in [-0.05, 0) is 6.92 Å². The number of aromatic nitrogens is 1. The minimum atomic E-state index is -0.848. The van der Waals surface area contributed by atoms with E-state index >= 15 is 0 Å². The van der Waals surface area contributed by atoms with Crippen molar-refractivity contribution < 1.29 is 14.4 Å². The summed E-state index contributed by atoms with van der Waals surface area (Å²) in [6.07, 6.45) is 1.61. The molecule has 5 heteroatoms. The normalized spacial score (nSPS) is 10.8. The Labute approximate surface area is 77.8 Å². The van der Waals surface area contributed by atoms with Crippen LogP contribution in [0, 0.1) is 6.92 Å². The molecule has 0 aromatic carbocycles. The van der Waals surface area contributed by atoms with Crippen molar-refractivity contribution in [2.45, 2.75) is 13.3 Å². The molecule has 0 fully saturated rings. The van der Waals surface area contributed by atoms with Crippen LogP contribution >= 0.6 is 11.3 Å². The zero-order valence-corrected chi connectivity index (χ0v) is 7.72. The molecule has 0 aliphatic heterocycles. The van der Waals surface area contributed by atoms with Crippen LogP contribution < -0.4 is 0 Å². The third-order valence-electron chi connectivity index (χ3n) is 1.83. The molecule has 0 bridgehead atoms. The van der Waals surface area contributed by atoms with Crippen molar-refractivity contribution in [2.75, 3.05) is 0 Å². The third-order valence-corrected chi connectivity index (χ3v) is 2.89. The van der Waals surface area contributed by atoms with Gasteiger partial charge in [0, 0.05) is 10.4 Å². The molecule has 68 valence electrons. The van der Waals surface area contributed by atoms with Crippen molar-refractivity contribution in [1.29, 1.82) is 0 Å². The second kappa shape index (κ2) is 2.85. The minimum absolute atomic E-state index is 0.00102. The van der Waals surface area contributed by atoms with E-state index in [1.54, 1.807) is 6.20 Å². The summed E-state index contributed by atoms with van der Waals surface area (Å²) in [5, 5.41) is 12.3. The summed E-state index contributed by atoms with van der Waals surface area (Å²) >= 11 is 1.51. The van der Waals surface area contributed by atoms with Gasteiger partial charge in [0.05, 0.1) is 17.3 Å². The van der Waals surface area contributed by atoms with Gasteiger partial charge < -0.3 is 9.63 Å². The quantitative estimate of drug-likeness (QED) is 0.797. The maximum absolute atomic E-state index is 10.5. The van der Waals surface area contributed by atoms with Crippen molar-refractivity contribution in [3.05, 3.63) is 16.6 Å². The van der Waals surface area contributed by atoms with Gasteiger partial charge in [-0.2, -0.15) is 0 Å². The number of nitrogens with zero attached hydrogens (tertiary/aromatic N) is 1. The number of carboxylic acid groups (broad SMARTS) is 1. The first-order chi connectivity index (χ1) is 6.18. The molecular weight excluding hydrogens is 190 g/mol. The minimum Gasteiger partial charge on any atom is -0.481 e. The number of hydrogen-bond donors (Lipinski definition) is 1. The SMILES string of the molecule is Cc1sc2cnoc2c1CC(=O)O. The fourth-order valence-corrected chi connectivity index (χ4v) is 2.22. The van der Waals surface area contributed by atoms with Gasteiger partial charge in [-0.3, -0.25) is 4.79 Å². The molecule has 0 aliphatic carbocycles. The molecule has 0 saturated heterocycles. The Morgan fingerprint density at radius 3 is 3.23 bits per heavy atom. The summed E-state index contributed by atoms with van der Waals surface area (Å²) in [6, 6.07) is 0. The highest BCUT2D eigenvalue weighted by Crippen LogP contribution is 2.30. The van der Waals surface area contributed by atoms with E-state index in [-0.39, 0.29) is 6.42 Å². The molecular formula is C8H7NO3S. The van der Waals surface area contributed by atoms with Gasteiger partial charge in [0.25, 0.3) is 0 Å². The smallest absolute Gasteiger partial charge is 0.308 e. The van der Waals surface area contributed by atoms with Crippen molar-refractivity contribution in [1.82, 2.24) is 5.16 Å². The number of thiophene rings is 1. The number of carbonyl (C=O) groups is 1. The van der Waals surface area contributed by atoms with Gasteiger partial charge in [0.15, 0.2) is 5.58 Å². The lowest BCUT2D eigenvalue weighted by atomic mass is 10.2. The predicted molar refractivity (Wildman–Crippen MR) is 48.0 cm³/mol. The van der Waals surface area contributed by atoms with E-state index in [0.29, 0.717) is 5.58 Å². The van der Waals surface area contributed by atoms with Crippen LogP contribution in [-0.4, -0.2) is 16.2 Å². The maximum atomic E-state index is 10.5. The van der Waals surface area contributed by atoms with Crippen molar-refractivity contribution >= 4 is 27.6 Å². The highest BCUT2D eigenvalue weighted by Gasteiger charge is 2.15. The Morgan fingerprint density at radius 2 is 2.54 bits per heavy atom. The van der Waals surface area contributed by atoms with Gasteiger partial charge in [-0.15, -0.1) is 11.3 Å². The monoisotopic (exact) mass is 197 g/mol. The zero-order valence-electron chi connectivity index (χ0n) is 6.90. The largest absolute Gasteiger partial charge is 0.481 e. The molecule has 4 nitrogen and oxygen atoms in total. The van der Waals surface area contributed by atoms with E-state index in [1.165, 1.54) is 11.3 Å². The number of aryl methyl sites for hydroxylation is 1. The molecule has 2 aromatic heterocycles. The van der Waals surface area contributed by atoms with Crippen LogP contribution in [0.5, 0.6) is 0 Å². The van der Waals surface area contributed by atoms with Gasteiger partial charge in [0.1, 0.15) is 0 Å². The van der Waals surface area contributed by atoms with E-state index in [9.17, 15) is 4.79 Å². The van der Waals surface area contributed by atoms with E-state index in [1.807, 2.05) is 6.92 Å². The number of aliphatic carboxylic acids is 1. The van der Waals surface area contributed by atoms with Crippen molar-refractivity contribution in [3.63, 3.8) is 0 Å². The first kappa shape index (κ1) is 8.25. The lowest BCUT2D eigenvalue weighted by Crippen LogP contribution is -1.99. The number of hydrogen-bond acceptors (Lipinski definition) is 4. The average Bonchev–Trinajstić information content (AvgIpc) is 2.55. The fourth-order valence-electron chi connectivity index (χ4n) is 1.25. The Kier molecular flexibility index (Phi) is 1.81. The molecule has 2 aromatic rings.